The van der Waals surface area contributed by atoms with E-state index in [1.165, 1.54) is 32.8 Å². The van der Waals surface area contributed by atoms with Crippen molar-refractivity contribution in [2.75, 3.05) is 7.11 Å². The molecule has 0 heterocycles. The number of aliphatic carboxylic acids is 1. The minimum absolute atomic E-state index is 0.575. The summed E-state index contributed by atoms with van der Waals surface area (Å²) in [6.07, 6.45) is 4.95. The van der Waals surface area contributed by atoms with E-state index < -0.39 is 12.1 Å². The number of carboxylic acid groups (broad SMARTS) is 1. The molecule has 3 heteroatoms. The molecule has 0 radical (unpaired) electrons. The SMILES string of the molecule is CO[C@@H](CC1CCCC1)C(=O)O. The van der Waals surface area contributed by atoms with Gasteiger partial charge in [-0.05, 0) is 12.3 Å². The normalized spacial score (nSPS) is 21.1. The van der Waals surface area contributed by atoms with Gasteiger partial charge in [0.15, 0.2) is 6.10 Å². The third kappa shape index (κ3) is 2.48. The van der Waals surface area contributed by atoms with Gasteiger partial charge >= 0.3 is 5.97 Å². The molecule has 0 unspecified atom stereocenters. The van der Waals surface area contributed by atoms with Gasteiger partial charge in [-0.15, -0.1) is 0 Å². The van der Waals surface area contributed by atoms with Gasteiger partial charge in [0, 0.05) is 7.11 Å². The lowest BCUT2D eigenvalue weighted by Gasteiger charge is -2.14. The number of rotatable bonds is 4. The lowest BCUT2D eigenvalue weighted by molar-refractivity contribution is -0.149. The molecule has 12 heavy (non-hydrogen) atoms. The molecular weight excluding hydrogens is 156 g/mol. The first-order valence-electron chi connectivity index (χ1n) is 4.49. The molecule has 1 N–H and O–H groups in total. The van der Waals surface area contributed by atoms with Crippen molar-refractivity contribution in [3.63, 3.8) is 0 Å². The molecule has 1 atom stereocenters. The number of ether oxygens (including phenoxy) is 1. The van der Waals surface area contributed by atoms with Gasteiger partial charge in [0.1, 0.15) is 0 Å². The molecule has 1 fully saturated rings. The lowest BCUT2D eigenvalue weighted by atomic mass is 10.0. The zero-order chi connectivity index (χ0) is 8.97. The summed E-state index contributed by atoms with van der Waals surface area (Å²) in [5.74, 6) is -0.254. The summed E-state index contributed by atoms with van der Waals surface area (Å²) < 4.78 is 4.87. The molecule has 0 saturated heterocycles. The smallest absolute Gasteiger partial charge is 0.332 e. The predicted molar refractivity (Wildman–Crippen MR) is 45.0 cm³/mol. The molecule has 0 aromatic rings. The fourth-order valence-corrected chi connectivity index (χ4v) is 1.85. The largest absolute Gasteiger partial charge is 0.479 e. The van der Waals surface area contributed by atoms with E-state index in [1.807, 2.05) is 0 Å². The first-order chi connectivity index (χ1) is 5.74. The third-order valence-electron chi connectivity index (χ3n) is 2.58. The quantitative estimate of drug-likeness (QED) is 0.701. The van der Waals surface area contributed by atoms with Crippen LogP contribution in [0, 0.1) is 5.92 Å². The molecule has 1 aliphatic rings. The van der Waals surface area contributed by atoms with E-state index in [2.05, 4.69) is 0 Å². The van der Waals surface area contributed by atoms with Crippen molar-refractivity contribution < 1.29 is 14.6 Å². The molecule has 0 bridgehead atoms. The fraction of sp³-hybridized carbons (Fsp3) is 0.889. The van der Waals surface area contributed by atoms with Crippen molar-refractivity contribution in [1.29, 1.82) is 0 Å². The minimum Gasteiger partial charge on any atom is -0.479 e. The summed E-state index contributed by atoms with van der Waals surface area (Å²) in [7, 11) is 1.47. The maximum Gasteiger partial charge on any atom is 0.332 e. The Morgan fingerprint density at radius 2 is 2.17 bits per heavy atom. The Morgan fingerprint density at radius 3 is 2.58 bits per heavy atom. The highest BCUT2D eigenvalue weighted by Crippen LogP contribution is 2.29. The Morgan fingerprint density at radius 1 is 1.58 bits per heavy atom. The molecular formula is C9H16O3. The molecule has 1 rings (SSSR count). The van der Waals surface area contributed by atoms with E-state index >= 15 is 0 Å². The van der Waals surface area contributed by atoms with Crippen molar-refractivity contribution in [3.8, 4) is 0 Å². The van der Waals surface area contributed by atoms with E-state index in [0.717, 1.165) is 0 Å². The first-order valence-corrected chi connectivity index (χ1v) is 4.49. The highest BCUT2D eigenvalue weighted by Gasteiger charge is 2.24. The summed E-state index contributed by atoms with van der Waals surface area (Å²) in [5.41, 5.74) is 0. The number of methoxy groups -OCH3 is 1. The predicted octanol–water partition coefficient (Wildman–Crippen LogP) is 1.67. The van der Waals surface area contributed by atoms with Gasteiger partial charge in [-0.25, -0.2) is 4.79 Å². The zero-order valence-electron chi connectivity index (χ0n) is 7.45. The third-order valence-corrected chi connectivity index (χ3v) is 2.58. The van der Waals surface area contributed by atoms with Crippen LogP contribution in [0.25, 0.3) is 0 Å². The summed E-state index contributed by atoms with van der Waals surface area (Å²) >= 11 is 0. The highest BCUT2D eigenvalue weighted by molar-refractivity contribution is 5.72. The fourth-order valence-electron chi connectivity index (χ4n) is 1.85. The van der Waals surface area contributed by atoms with Crippen molar-refractivity contribution in [3.05, 3.63) is 0 Å². The van der Waals surface area contributed by atoms with Gasteiger partial charge in [0.2, 0.25) is 0 Å². The van der Waals surface area contributed by atoms with Crippen LogP contribution in [0.15, 0.2) is 0 Å². The molecule has 0 spiro atoms. The average Bonchev–Trinajstić information content (AvgIpc) is 2.51. The van der Waals surface area contributed by atoms with Crippen LogP contribution in [0.3, 0.4) is 0 Å². The number of hydrogen-bond donors (Lipinski definition) is 1. The maximum absolute atomic E-state index is 10.6. The second-order valence-corrected chi connectivity index (χ2v) is 3.45. The highest BCUT2D eigenvalue weighted by atomic mass is 16.5. The van der Waals surface area contributed by atoms with E-state index in [9.17, 15) is 4.79 Å². The molecule has 70 valence electrons. The Hall–Kier alpha value is -0.570. The Kier molecular flexibility index (Phi) is 3.53. The Labute approximate surface area is 72.7 Å². The number of carboxylic acids is 1. The van der Waals surface area contributed by atoms with Crippen molar-refractivity contribution in [1.82, 2.24) is 0 Å². The van der Waals surface area contributed by atoms with Crippen molar-refractivity contribution in [2.45, 2.75) is 38.2 Å². The summed E-state index contributed by atoms with van der Waals surface area (Å²) in [6.45, 7) is 0. The first kappa shape index (κ1) is 9.52. The van der Waals surface area contributed by atoms with Crippen LogP contribution in [0.2, 0.25) is 0 Å². The monoisotopic (exact) mass is 172 g/mol. The Bertz CT molecular complexity index is 150. The molecule has 0 amide bonds. The van der Waals surface area contributed by atoms with Gasteiger partial charge in [-0.1, -0.05) is 25.7 Å². The van der Waals surface area contributed by atoms with E-state index in [4.69, 9.17) is 9.84 Å². The number of carbonyl (C=O) groups is 1. The maximum atomic E-state index is 10.6. The molecule has 1 saturated carbocycles. The standard InChI is InChI=1S/C9H16O3/c1-12-8(9(10)11)6-7-4-2-3-5-7/h7-8H,2-6H2,1H3,(H,10,11)/t8-/m0/s1. The van der Waals surface area contributed by atoms with Crippen LogP contribution < -0.4 is 0 Å². The zero-order valence-corrected chi connectivity index (χ0v) is 7.45. The van der Waals surface area contributed by atoms with E-state index in [-0.39, 0.29) is 0 Å². The molecule has 0 aromatic carbocycles. The van der Waals surface area contributed by atoms with Gasteiger partial charge in [-0.2, -0.15) is 0 Å². The summed E-state index contributed by atoms with van der Waals surface area (Å²) in [6, 6.07) is 0. The van der Waals surface area contributed by atoms with Crippen LogP contribution in [-0.2, 0) is 9.53 Å². The summed E-state index contributed by atoms with van der Waals surface area (Å²) in [5, 5.41) is 8.71. The second kappa shape index (κ2) is 4.45. The van der Waals surface area contributed by atoms with Crippen LogP contribution in [0.5, 0.6) is 0 Å². The van der Waals surface area contributed by atoms with E-state index in [1.54, 1.807) is 0 Å². The molecule has 0 aromatic heterocycles. The topological polar surface area (TPSA) is 46.5 Å². The second-order valence-electron chi connectivity index (χ2n) is 3.45. The van der Waals surface area contributed by atoms with Crippen molar-refractivity contribution >= 4 is 5.97 Å². The molecule has 1 aliphatic carbocycles. The van der Waals surface area contributed by atoms with Crippen LogP contribution >= 0.6 is 0 Å². The van der Waals surface area contributed by atoms with Crippen molar-refractivity contribution in [2.24, 2.45) is 5.92 Å². The minimum atomic E-state index is -0.829. The van der Waals surface area contributed by atoms with Gasteiger partial charge in [0.05, 0.1) is 0 Å². The number of hydrogen-bond acceptors (Lipinski definition) is 2. The molecule has 0 aliphatic heterocycles. The van der Waals surface area contributed by atoms with Crippen LogP contribution in [-0.4, -0.2) is 24.3 Å². The van der Waals surface area contributed by atoms with Gasteiger partial charge in [-0.3, -0.25) is 0 Å². The average molecular weight is 172 g/mol. The van der Waals surface area contributed by atoms with Crippen LogP contribution in [0.4, 0.5) is 0 Å². The summed E-state index contributed by atoms with van der Waals surface area (Å²) in [4.78, 5) is 10.6. The lowest BCUT2D eigenvalue weighted by Crippen LogP contribution is -2.24. The van der Waals surface area contributed by atoms with Gasteiger partial charge in [0.25, 0.3) is 0 Å². The molecule has 3 nitrogen and oxygen atoms in total. The Balaban J connectivity index is 2.30. The van der Waals surface area contributed by atoms with E-state index in [0.29, 0.717) is 12.3 Å². The van der Waals surface area contributed by atoms with Gasteiger partial charge < -0.3 is 9.84 Å². The van der Waals surface area contributed by atoms with Crippen LogP contribution in [0.1, 0.15) is 32.1 Å².